The van der Waals surface area contributed by atoms with Gasteiger partial charge in [0.05, 0.1) is 0 Å². The van der Waals surface area contributed by atoms with Crippen LogP contribution in [0.2, 0.25) is 0 Å². The van der Waals surface area contributed by atoms with Crippen LogP contribution in [0.1, 0.15) is 13.8 Å². The van der Waals surface area contributed by atoms with Crippen molar-refractivity contribution in [1.82, 2.24) is 4.90 Å². The summed E-state index contributed by atoms with van der Waals surface area (Å²) in [6, 6.07) is 0. The topological polar surface area (TPSA) is 46.3 Å². The van der Waals surface area contributed by atoms with Gasteiger partial charge in [0.1, 0.15) is 0 Å². The molecule has 66 valence electrons. The van der Waals surface area contributed by atoms with Gasteiger partial charge in [0.2, 0.25) is 6.41 Å². The number of carbonyl (C=O) groups is 1. The third-order valence-corrected chi connectivity index (χ3v) is 1.54. The largest absolute Gasteiger partial charge is 1.00 e. The fourth-order valence-corrected chi connectivity index (χ4v) is 0.998. The van der Waals surface area contributed by atoms with Gasteiger partial charge in [0.15, 0.2) is 0 Å². The van der Waals surface area contributed by atoms with Crippen LogP contribution in [0.5, 0.6) is 0 Å². The second kappa shape index (κ2) is 14.1. The summed E-state index contributed by atoms with van der Waals surface area (Å²) in [7, 11) is 0. The molecule has 3 nitrogen and oxygen atoms in total. The number of carbonyl (C=O) groups excluding carboxylic acids is 1. The molecule has 2 N–H and O–H groups in total. The van der Waals surface area contributed by atoms with Gasteiger partial charge >= 0.3 is 29.6 Å². The molecule has 0 aliphatic rings. The smallest absolute Gasteiger partial charge is 0.411 e. The summed E-state index contributed by atoms with van der Waals surface area (Å²) in [6.07, 6.45) is 0.250. The molecule has 0 aliphatic carbocycles. The van der Waals surface area contributed by atoms with Crippen LogP contribution in [0.15, 0.2) is 0 Å². The fraction of sp³-hybridized carbons (Fsp3) is 0.667. The number of hydrogen-bond donors (Lipinski definition) is 1. The van der Waals surface area contributed by atoms with E-state index in [1.54, 1.807) is 0 Å². The average molecular weight is 216 g/mol. The van der Waals surface area contributed by atoms with E-state index in [-0.39, 0.29) is 36.0 Å². The molecule has 0 aromatic rings. The normalized spacial score (nSPS) is 6.83. The predicted molar refractivity (Wildman–Crippen MR) is 53.1 cm³/mol. The quantitative estimate of drug-likeness (QED) is 0.236. The van der Waals surface area contributed by atoms with Crippen molar-refractivity contribution in [2.75, 3.05) is 13.1 Å². The van der Waals surface area contributed by atoms with E-state index in [4.69, 9.17) is 29.6 Å². The van der Waals surface area contributed by atoms with Crippen molar-refractivity contribution >= 4 is 35.6 Å². The molecule has 0 saturated carbocycles. The fourth-order valence-electron chi connectivity index (χ4n) is 0.482. The summed E-state index contributed by atoms with van der Waals surface area (Å²) in [4.78, 5) is 10.5. The number of nitrogens with two attached hydrogens (primary N) is 1. The van der Waals surface area contributed by atoms with Gasteiger partial charge < -0.3 is 35.5 Å². The van der Waals surface area contributed by atoms with E-state index in [0.29, 0.717) is 4.32 Å². The maximum atomic E-state index is 8.58. The van der Waals surface area contributed by atoms with Gasteiger partial charge in [-0.15, -0.1) is 0 Å². The second-order valence-electron chi connectivity index (χ2n) is 1.57. The Morgan fingerprint density at radius 3 is 1.83 bits per heavy atom. The molecular weight excluding hydrogens is 203 g/mol. The molecule has 12 heavy (non-hydrogen) atoms. The SMILES string of the molecule is CCN(CC)C(=S)[S-].NC=O.[Na+]. The number of hydrogen-bond acceptors (Lipinski definition) is 3. The number of primary amides is 1. The van der Waals surface area contributed by atoms with Crippen LogP contribution < -0.4 is 35.3 Å². The molecular formula is C6H13N2NaOS2. The minimum Gasteiger partial charge on any atom is -0.411 e. The molecule has 0 aromatic carbocycles. The third-order valence-electron chi connectivity index (χ3n) is 1.02. The van der Waals surface area contributed by atoms with Crippen molar-refractivity contribution in [2.45, 2.75) is 13.8 Å². The van der Waals surface area contributed by atoms with E-state index >= 15 is 0 Å². The first kappa shape index (κ1) is 18.4. The molecule has 6 heteroatoms. The molecule has 0 heterocycles. The van der Waals surface area contributed by atoms with Crippen molar-refractivity contribution in [2.24, 2.45) is 5.73 Å². The van der Waals surface area contributed by atoms with Crippen LogP contribution in [0.4, 0.5) is 0 Å². The van der Waals surface area contributed by atoms with Gasteiger partial charge in [-0.3, -0.25) is 4.79 Å². The molecule has 0 spiro atoms. The maximum absolute atomic E-state index is 8.58. The van der Waals surface area contributed by atoms with E-state index in [1.807, 2.05) is 18.7 Å². The van der Waals surface area contributed by atoms with Gasteiger partial charge in [0, 0.05) is 13.1 Å². The monoisotopic (exact) mass is 216 g/mol. The summed E-state index contributed by atoms with van der Waals surface area (Å²) in [5.74, 6) is 0. The number of rotatable bonds is 2. The average Bonchev–Trinajstić information content (AvgIpc) is 1.91. The second-order valence-corrected chi connectivity index (χ2v) is 2.61. The zero-order valence-electron chi connectivity index (χ0n) is 7.74. The van der Waals surface area contributed by atoms with Crippen molar-refractivity contribution in [3.8, 4) is 0 Å². The molecule has 0 aliphatic heterocycles. The Balaban J connectivity index is -0.000000177. The van der Waals surface area contributed by atoms with Gasteiger partial charge in [-0.1, -0.05) is 4.32 Å². The Kier molecular flexibility index (Phi) is 21.6. The van der Waals surface area contributed by atoms with Crippen molar-refractivity contribution < 1.29 is 34.4 Å². The third kappa shape index (κ3) is 13.2. The van der Waals surface area contributed by atoms with E-state index in [1.165, 1.54) is 0 Å². The maximum Gasteiger partial charge on any atom is 1.00 e. The predicted octanol–water partition coefficient (Wildman–Crippen LogP) is -2.73. The molecule has 0 aromatic heterocycles. The molecule has 0 rings (SSSR count). The minimum absolute atomic E-state index is 0. The number of nitrogens with zero attached hydrogens (tertiary/aromatic N) is 1. The zero-order valence-corrected chi connectivity index (χ0v) is 11.4. The van der Waals surface area contributed by atoms with E-state index < -0.39 is 0 Å². The summed E-state index contributed by atoms with van der Waals surface area (Å²) in [5.41, 5.74) is 4.17. The first-order valence-corrected chi connectivity index (χ1v) is 4.06. The Labute approximate surface area is 107 Å². The summed E-state index contributed by atoms with van der Waals surface area (Å²) in [6.45, 7) is 5.95. The van der Waals surface area contributed by atoms with Crippen molar-refractivity contribution in [1.29, 1.82) is 0 Å². The van der Waals surface area contributed by atoms with Crippen LogP contribution in [0.25, 0.3) is 0 Å². The summed E-state index contributed by atoms with van der Waals surface area (Å²) in [5, 5.41) is 0. The van der Waals surface area contributed by atoms with Crippen molar-refractivity contribution in [3.05, 3.63) is 0 Å². The van der Waals surface area contributed by atoms with Crippen LogP contribution in [-0.4, -0.2) is 28.7 Å². The first-order valence-electron chi connectivity index (χ1n) is 3.25. The van der Waals surface area contributed by atoms with Crippen molar-refractivity contribution in [3.63, 3.8) is 0 Å². The van der Waals surface area contributed by atoms with Gasteiger partial charge in [-0.2, -0.15) is 0 Å². The Hall–Kier alpha value is 0.580. The zero-order chi connectivity index (χ0) is 9.28. The molecule has 0 saturated heterocycles. The summed E-state index contributed by atoms with van der Waals surface area (Å²) < 4.78 is 0.579. The van der Waals surface area contributed by atoms with Crippen LogP contribution in [0.3, 0.4) is 0 Å². The molecule has 0 fully saturated rings. The Morgan fingerprint density at radius 2 is 1.83 bits per heavy atom. The molecule has 1 amide bonds. The van der Waals surface area contributed by atoms with Crippen LogP contribution in [0, 0.1) is 0 Å². The van der Waals surface area contributed by atoms with Gasteiger partial charge in [-0.05, 0) is 13.8 Å². The van der Waals surface area contributed by atoms with Gasteiger partial charge in [0.25, 0.3) is 0 Å². The van der Waals surface area contributed by atoms with Gasteiger partial charge in [-0.25, -0.2) is 0 Å². The van der Waals surface area contributed by atoms with E-state index in [0.717, 1.165) is 13.1 Å². The van der Waals surface area contributed by atoms with Crippen LogP contribution in [-0.2, 0) is 17.4 Å². The van der Waals surface area contributed by atoms with E-state index in [2.05, 4.69) is 5.73 Å². The summed E-state index contributed by atoms with van der Waals surface area (Å²) >= 11 is 9.51. The molecule has 0 radical (unpaired) electrons. The minimum atomic E-state index is 0. The molecule has 0 atom stereocenters. The Bertz CT molecular complexity index is 120. The standard InChI is InChI=1S/C5H11NS2.CH3NO.Na/c1-3-6(4-2)5(7)8;2-1-3;/h3-4H2,1-2H3,(H,7,8);1H,(H2,2,3);/q;;+1/p-1. The van der Waals surface area contributed by atoms with E-state index in [9.17, 15) is 0 Å². The first-order chi connectivity index (χ1) is 5.13. The number of amides is 1. The number of thiocarbonyl (C=S) groups is 1. The molecule has 0 bridgehead atoms. The Morgan fingerprint density at radius 1 is 1.58 bits per heavy atom. The molecule has 0 unspecified atom stereocenters. The van der Waals surface area contributed by atoms with Crippen LogP contribution >= 0.6 is 12.2 Å².